The van der Waals surface area contributed by atoms with Gasteiger partial charge in [0.25, 0.3) is 11.8 Å². The lowest BCUT2D eigenvalue weighted by atomic mass is 10.1. The highest BCUT2D eigenvalue weighted by Gasteiger charge is 2.36. The van der Waals surface area contributed by atoms with Crippen molar-refractivity contribution in [1.82, 2.24) is 19.8 Å². The SMILES string of the molecule is Cc1ccc([C@@H](C(=O)NC2CCCC2)N(Cc2ccc(F)cc2)C(=O)c2csnn2)o1. The first-order chi connectivity index (χ1) is 15.0. The fourth-order valence-corrected chi connectivity index (χ4v) is 4.28. The highest BCUT2D eigenvalue weighted by molar-refractivity contribution is 7.03. The summed E-state index contributed by atoms with van der Waals surface area (Å²) in [5.74, 6) is -0.120. The van der Waals surface area contributed by atoms with Crippen molar-refractivity contribution >= 4 is 23.3 Å². The van der Waals surface area contributed by atoms with Crippen LogP contribution >= 0.6 is 11.5 Å². The quantitative estimate of drug-likeness (QED) is 0.597. The number of aromatic nitrogens is 2. The molecule has 2 heterocycles. The Balaban J connectivity index is 1.71. The third-order valence-electron chi connectivity index (χ3n) is 5.40. The number of benzene rings is 1. The third kappa shape index (κ3) is 4.99. The first-order valence-electron chi connectivity index (χ1n) is 10.2. The number of aryl methyl sites for hydroxylation is 1. The molecule has 31 heavy (non-hydrogen) atoms. The van der Waals surface area contributed by atoms with E-state index in [0.29, 0.717) is 17.1 Å². The molecule has 1 aliphatic carbocycles. The predicted octanol–water partition coefficient (Wildman–Crippen LogP) is 4.02. The van der Waals surface area contributed by atoms with Crippen LogP contribution in [0.25, 0.3) is 0 Å². The molecule has 9 heteroatoms. The van der Waals surface area contributed by atoms with E-state index in [4.69, 9.17) is 4.42 Å². The van der Waals surface area contributed by atoms with Crippen molar-refractivity contribution in [3.63, 3.8) is 0 Å². The Morgan fingerprint density at radius 1 is 1.23 bits per heavy atom. The summed E-state index contributed by atoms with van der Waals surface area (Å²) in [5.41, 5.74) is 0.828. The third-order valence-corrected chi connectivity index (χ3v) is 5.90. The van der Waals surface area contributed by atoms with Crippen LogP contribution in [0.2, 0.25) is 0 Å². The first kappa shape index (κ1) is 21.2. The number of rotatable bonds is 7. The molecule has 1 saturated carbocycles. The van der Waals surface area contributed by atoms with Crippen molar-refractivity contribution in [2.45, 2.75) is 51.2 Å². The van der Waals surface area contributed by atoms with Gasteiger partial charge in [-0.1, -0.05) is 29.5 Å². The second-order valence-corrected chi connectivity index (χ2v) is 8.30. The van der Waals surface area contributed by atoms with Crippen LogP contribution in [0.4, 0.5) is 4.39 Å². The van der Waals surface area contributed by atoms with E-state index in [9.17, 15) is 14.0 Å². The molecule has 0 saturated heterocycles. The number of halogens is 1. The van der Waals surface area contributed by atoms with Gasteiger partial charge in [-0.25, -0.2) is 4.39 Å². The standard InChI is InChI=1S/C22H23FN4O3S/c1-14-6-11-19(30-14)20(21(28)24-17-4-2-3-5-17)27(22(29)18-13-31-26-25-18)12-15-7-9-16(23)10-8-15/h6-11,13,17,20H,2-5,12H2,1H3,(H,24,28)/t20-/m0/s1. The van der Waals surface area contributed by atoms with Crippen molar-refractivity contribution in [3.8, 4) is 0 Å². The van der Waals surface area contributed by atoms with Crippen LogP contribution in [-0.2, 0) is 11.3 Å². The van der Waals surface area contributed by atoms with Gasteiger partial charge in [-0.3, -0.25) is 9.59 Å². The molecule has 0 unspecified atom stereocenters. The Labute approximate surface area is 183 Å². The Morgan fingerprint density at radius 3 is 2.58 bits per heavy atom. The molecule has 0 spiro atoms. The van der Waals surface area contributed by atoms with Crippen molar-refractivity contribution in [1.29, 1.82) is 0 Å². The molecular weight excluding hydrogens is 419 g/mol. The van der Waals surface area contributed by atoms with Crippen molar-refractivity contribution in [2.75, 3.05) is 0 Å². The van der Waals surface area contributed by atoms with Gasteiger partial charge in [-0.15, -0.1) is 5.10 Å². The first-order valence-corrected chi connectivity index (χ1v) is 11.0. The molecule has 162 valence electrons. The summed E-state index contributed by atoms with van der Waals surface area (Å²) < 4.78 is 23.0. The van der Waals surface area contributed by atoms with Crippen molar-refractivity contribution in [2.24, 2.45) is 0 Å². The summed E-state index contributed by atoms with van der Waals surface area (Å²) in [5, 5.41) is 8.51. The van der Waals surface area contributed by atoms with E-state index >= 15 is 0 Å². The molecule has 1 aromatic carbocycles. The number of carbonyl (C=O) groups excluding carboxylic acids is 2. The minimum atomic E-state index is -0.992. The summed E-state index contributed by atoms with van der Waals surface area (Å²) >= 11 is 1.06. The van der Waals surface area contributed by atoms with Gasteiger partial charge in [-0.05, 0) is 61.1 Å². The van der Waals surface area contributed by atoms with Crippen LogP contribution in [0, 0.1) is 12.7 Å². The molecule has 1 aliphatic rings. The van der Waals surface area contributed by atoms with Crippen LogP contribution in [0.15, 0.2) is 46.2 Å². The lowest BCUT2D eigenvalue weighted by molar-refractivity contribution is -0.127. The second-order valence-electron chi connectivity index (χ2n) is 7.69. The van der Waals surface area contributed by atoms with Gasteiger partial charge in [0.05, 0.1) is 0 Å². The normalized spacial score (nSPS) is 15.0. The monoisotopic (exact) mass is 442 g/mol. The van der Waals surface area contributed by atoms with Gasteiger partial charge >= 0.3 is 0 Å². The van der Waals surface area contributed by atoms with E-state index in [-0.39, 0.29) is 30.0 Å². The summed E-state index contributed by atoms with van der Waals surface area (Å²) in [6.45, 7) is 1.87. The highest BCUT2D eigenvalue weighted by atomic mass is 32.1. The summed E-state index contributed by atoms with van der Waals surface area (Å²) in [4.78, 5) is 28.2. The molecule has 1 atom stereocenters. The van der Waals surface area contributed by atoms with E-state index in [1.54, 1.807) is 36.6 Å². The van der Waals surface area contributed by atoms with Crippen molar-refractivity contribution in [3.05, 3.63) is 70.4 Å². The number of carbonyl (C=O) groups is 2. The molecular formula is C22H23FN4O3S. The van der Waals surface area contributed by atoms with E-state index < -0.39 is 11.9 Å². The number of furan rings is 1. The van der Waals surface area contributed by atoms with E-state index in [2.05, 4.69) is 14.9 Å². The molecule has 0 bridgehead atoms. The smallest absolute Gasteiger partial charge is 0.276 e. The number of hydrogen-bond acceptors (Lipinski definition) is 6. The van der Waals surface area contributed by atoms with Gasteiger partial charge in [0.15, 0.2) is 11.7 Å². The van der Waals surface area contributed by atoms with Gasteiger partial charge in [0.1, 0.15) is 17.3 Å². The molecule has 7 nitrogen and oxygen atoms in total. The van der Waals surface area contributed by atoms with Gasteiger partial charge in [0, 0.05) is 18.0 Å². The zero-order chi connectivity index (χ0) is 21.8. The fraction of sp³-hybridized carbons (Fsp3) is 0.364. The summed E-state index contributed by atoms with van der Waals surface area (Å²) in [6.07, 6.45) is 3.96. The molecule has 2 aromatic heterocycles. The van der Waals surface area contributed by atoms with E-state index in [1.807, 2.05) is 0 Å². The van der Waals surface area contributed by atoms with Gasteiger partial charge in [0.2, 0.25) is 0 Å². The fourth-order valence-electron chi connectivity index (χ4n) is 3.85. The van der Waals surface area contributed by atoms with Crippen LogP contribution in [0.3, 0.4) is 0 Å². The summed E-state index contributed by atoms with van der Waals surface area (Å²) in [7, 11) is 0. The van der Waals surface area contributed by atoms with Crippen molar-refractivity contribution < 1.29 is 18.4 Å². The zero-order valence-corrected chi connectivity index (χ0v) is 17.9. The minimum Gasteiger partial charge on any atom is -0.464 e. The Kier molecular flexibility index (Phi) is 6.41. The molecule has 1 fully saturated rings. The van der Waals surface area contributed by atoms with Gasteiger partial charge < -0.3 is 14.6 Å². The predicted molar refractivity (Wildman–Crippen MR) is 113 cm³/mol. The van der Waals surface area contributed by atoms with Crippen LogP contribution in [0.1, 0.15) is 59.3 Å². The Morgan fingerprint density at radius 2 is 1.97 bits per heavy atom. The number of hydrogen-bond donors (Lipinski definition) is 1. The molecule has 0 aliphatic heterocycles. The molecule has 3 aromatic rings. The maximum atomic E-state index is 13.4. The average molecular weight is 443 g/mol. The number of nitrogens with one attached hydrogen (secondary N) is 1. The maximum absolute atomic E-state index is 13.4. The van der Waals surface area contributed by atoms with E-state index in [0.717, 1.165) is 37.2 Å². The minimum absolute atomic E-state index is 0.0785. The van der Waals surface area contributed by atoms with Gasteiger partial charge in [-0.2, -0.15) is 0 Å². The van der Waals surface area contributed by atoms with Crippen LogP contribution in [-0.4, -0.2) is 32.3 Å². The van der Waals surface area contributed by atoms with Crippen LogP contribution in [0.5, 0.6) is 0 Å². The maximum Gasteiger partial charge on any atom is 0.276 e. The topological polar surface area (TPSA) is 88.3 Å². The lowest BCUT2D eigenvalue weighted by Gasteiger charge is -2.30. The molecule has 4 rings (SSSR count). The number of nitrogens with zero attached hydrogens (tertiary/aromatic N) is 3. The van der Waals surface area contributed by atoms with Crippen LogP contribution < -0.4 is 5.32 Å². The average Bonchev–Trinajstić information content (AvgIpc) is 3.52. The Bertz CT molecular complexity index is 1030. The second kappa shape index (κ2) is 9.38. The van der Waals surface area contributed by atoms with E-state index in [1.165, 1.54) is 17.0 Å². The molecule has 0 radical (unpaired) electrons. The zero-order valence-electron chi connectivity index (χ0n) is 17.1. The molecule has 2 amide bonds. The lowest BCUT2D eigenvalue weighted by Crippen LogP contribution is -2.45. The molecule has 1 N–H and O–H groups in total. The Hall–Kier alpha value is -3.07. The summed E-state index contributed by atoms with van der Waals surface area (Å²) in [6, 6.07) is 8.39. The highest BCUT2D eigenvalue weighted by Crippen LogP contribution is 2.28. The largest absolute Gasteiger partial charge is 0.464 e. The number of amides is 2.